The van der Waals surface area contributed by atoms with E-state index in [1.165, 1.54) is 25.7 Å². The molecule has 0 amide bonds. The zero-order valence-electron chi connectivity index (χ0n) is 9.71. The van der Waals surface area contributed by atoms with Crippen molar-refractivity contribution in [3.63, 3.8) is 0 Å². The van der Waals surface area contributed by atoms with Gasteiger partial charge in [0.15, 0.2) is 0 Å². The molecule has 0 spiro atoms. The number of hydrogen-bond acceptors (Lipinski definition) is 2. The predicted molar refractivity (Wildman–Crippen MR) is 63.4 cm³/mol. The molecule has 1 N–H and O–H groups in total. The Kier molecular flexibility index (Phi) is 6.11. The summed E-state index contributed by atoms with van der Waals surface area (Å²) in [5, 5.41) is 12.6. The molecule has 0 aromatic heterocycles. The van der Waals surface area contributed by atoms with Crippen LogP contribution in [-0.2, 0) is 0 Å². The number of nitriles is 1. The summed E-state index contributed by atoms with van der Waals surface area (Å²) in [6.07, 6.45) is 11.4. The summed E-state index contributed by atoms with van der Waals surface area (Å²) in [5.41, 5.74) is 0. The van der Waals surface area contributed by atoms with E-state index in [0.29, 0.717) is 6.04 Å². The molecular formula is C13H22N2. The largest absolute Gasteiger partial charge is 0.312 e. The van der Waals surface area contributed by atoms with Crippen LogP contribution in [0.2, 0.25) is 0 Å². The highest BCUT2D eigenvalue weighted by Gasteiger charge is 2.22. The minimum absolute atomic E-state index is 0.234. The lowest BCUT2D eigenvalue weighted by Gasteiger charge is -2.20. The van der Waals surface area contributed by atoms with Crippen molar-refractivity contribution in [1.82, 2.24) is 5.32 Å². The Labute approximate surface area is 93.4 Å². The second-order valence-electron chi connectivity index (χ2n) is 4.29. The maximum absolute atomic E-state index is 9.09. The van der Waals surface area contributed by atoms with E-state index in [2.05, 4.69) is 23.5 Å². The Balaban J connectivity index is 2.32. The predicted octanol–water partition coefficient (Wildman–Crippen LogP) is 3.01. The normalized spacial score (nSPS) is 27.5. The molecule has 1 aliphatic rings. The van der Waals surface area contributed by atoms with Crippen molar-refractivity contribution < 1.29 is 0 Å². The van der Waals surface area contributed by atoms with E-state index >= 15 is 0 Å². The van der Waals surface area contributed by atoms with Crippen molar-refractivity contribution >= 4 is 0 Å². The number of nitrogens with zero attached hydrogens (tertiary/aromatic N) is 1. The van der Waals surface area contributed by atoms with Gasteiger partial charge in [0.25, 0.3) is 0 Å². The van der Waals surface area contributed by atoms with Gasteiger partial charge in [-0.05, 0) is 32.7 Å². The second-order valence-corrected chi connectivity index (χ2v) is 4.29. The first kappa shape index (κ1) is 12.3. The van der Waals surface area contributed by atoms with Gasteiger partial charge in [0.2, 0.25) is 0 Å². The van der Waals surface area contributed by atoms with E-state index in [0.717, 1.165) is 19.4 Å². The highest BCUT2D eigenvalue weighted by Crippen LogP contribution is 2.22. The van der Waals surface area contributed by atoms with E-state index in [1.54, 1.807) is 0 Å². The summed E-state index contributed by atoms with van der Waals surface area (Å²) in [4.78, 5) is 0. The number of nitrogens with one attached hydrogen (secondary N) is 1. The van der Waals surface area contributed by atoms with Crippen LogP contribution < -0.4 is 5.32 Å². The van der Waals surface area contributed by atoms with Gasteiger partial charge in [-0.2, -0.15) is 5.26 Å². The van der Waals surface area contributed by atoms with Crippen molar-refractivity contribution in [3.8, 4) is 6.07 Å². The molecule has 2 nitrogen and oxygen atoms in total. The van der Waals surface area contributed by atoms with Gasteiger partial charge in [0.05, 0.1) is 12.0 Å². The lowest BCUT2D eigenvalue weighted by Crippen LogP contribution is -2.35. The van der Waals surface area contributed by atoms with E-state index in [4.69, 9.17) is 5.26 Å². The average molecular weight is 206 g/mol. The molecule has 0 bridgehead atoms. The Morgan fingerprint density at radius 2 is 2.13 bits per heavy atom. The quantitative estimate of drug-likeness (QED) is 0.436. The average Bonchev–Trinajstić information content (AvgIpc) is 2.49. The molecule has 2 atom stereocenters. The van der Waals surface area contributed by atoms with E-state index in [1.807, 2.05) is 6.92 Å². The van der Waals surface area contributed by atoms with Gasteiger partial charge in [-0.1, -0.05) is 31.4 Å². The zero-order valence-corrected chi connectivity index (χ0v) is 9.71. The third-order valence-corrected chi connectivity index (χ3v) is 3.14. The number of allylic oxidation sites excluding steroid dienone is 1. The fraction of sp³-hybridized carbons (Fsp3) is 0.769. The third kappa shape index (κ3) is 4.48. The van der Waals surface area contributed by atoms with Crippen LogP contribution in [0.3, 0.4) is 0 Å². The lowest BCUT2D eigenvalue weighted by atomic mass is 9.96. The molecule has 0 heterocycles. The second kappa shape index (κ2) is 7.48. The molecule has 1 saturated carbocycles. The molecule has 2 heteroatoms. The van der Waals surface area contributed by atoms with Gasteiger partial charge in [-0.15, -0.1) is 0 Å². The van der Waals surface area contributed by atoms with Crippen LogP contribution >= 0.6 is 0 Å². The minimum atomic E-state index is 0.234. The highest BCUT2D eigenvalue weighted by atomic mass is 14.9. The molecule has 0 aliphatic heterocycles. The van der Waals surface area contributed by atoms with Gasteiger partial charge in [-0.25, -0.2) is 0 Å². The standard InChI is InChI=1S/C13H22N2/c1-2-3-7-10-15-13-9-6-4-5-8-12(13)11-14/h2-3,12-13,15H,4-10H2,1H3/b3-2+. The molecule has 0 saturated heterocycles. The van der Waals surface area contributed by atoms with Gasteiger partial charge in [0, 0.05) is 6.04 Å². The Morgan fingerprint density at radius 3 is 2.87 bits per heavy atom. The maximum atomic E-state index is 9.09. The molecular weight excluding hydrogens is 184 g/mol. The van der Waals surface area contributed by atoms with E-state index < -0.39 is 0 Å². The van der Waals surface area contributed by atoms with Crippen LogP contribution in [-0.4, -0.2) is 12.6 Å². The molecule has 1 rings (SSSR count). The Hall–Kier alpha value is -0.810. The van der Waals surface area contributed by atoms with Crippen LogP contribution in [0.1, 0.15) is 45.4 Å². The van der Waals surface area contributed by atoms with E-state index in [9.17, 15) is 0 Å². The van der Waals surface area contributed by atoms with Crippen LogP contribution in [0.25, 0.3) is 0 Å². The molecule has 15 heavy (non-hydrogen) atoms. The third-order valence-electron chi connectivity index (χ3n) is 3.14. The summed E-state index contributed by atoms with van der Waals surface area (Å²) < 4.78 is 0. The lowest BCUT2D eigenvalue weighted by molar-refractivity contribution is 0.398. The maximum Gasteiger partial charge on any atom is 0.0672 e. The first-order valence-corrected chi connectivity index (χ1v) is 6.12. The molecule has 0 aromatic rings. The topological polar surface area (TPSA) is 35.8 Å². The first-order chi connectivity index (χ1) is 7.38. The molecule has 84 valence electrons. The smallest absolute Gasteiger partial charge is 0.0672 e. The highest BCUT2D eigenvalue weighted by molar-refractivity contribution is 4.93. The van der Waals surface area contributed by atoms with Gasteiger partial charge in [0.1, 0.15) is 0 Å². The fourth-order valence-electron chi connectivity index (χ4n) is 2.23. The summed E-state index contributed by atoms with van der Waals surface area (Å²) in [6, 6.07) is 2.89. The van der Waals surface area contributed by atoms with Crippen molar-refractivity contribution in [2.24, 2.45) is 5.92 Å². The molecule has 0 aromatic carbocycles. The summed E-state index contributed by atoms with van der Waals surface area (Å²) >= 11 is 0. The number of rotatable bonds is 4. The summed E-state index contributed by atoms with van der Waals surface area (Å²) in [6.45, 7) is 3.05. The van der Waals surface area contributed by atoms with Crippen LogP contribution in [0.15, 0.2) is 12.2 Å². The fourth-order valence-corrected chi connectivity index (χ4v) is 2.23. The van der Waals surface area contributed by atoms with Gasteiger partial charge in [-0.3, -0.25) is 0 Å². The van der Waals surface area contributed by atoms with E-state index in [-0.39, 0.29) is 5.92 Å². The van der Waals surface area contributed by atoms with Crippen molar-refractivity contribution in [1.29, 1.82) is 5.26 Å². The monoisotopic (exact) mass is 206 g/mol. The van der Waals surface area contributed by atoms with Crippen LogP contribution in [0, 0.1) is 17.2 Å². The van der Waals surface area contributed by atoms with Crippen molar-refractivity contribution in [2.45, 2.75) is 51.5 Å². The zero-order chi connectivity index (χ0) is 10.9. The Morgan fingerprint density at radius 1 is 1.33 bits per heavy atom. The summed E-state index contributed by atoms with van der Waals surface area (Å²) in [7, 11) is 0. The minimum Gasteiger partial charge on any atom is -0.312 e. The van der Waals surface area contributed by atoms with Gasteiger partial charge < -0.3 is 5.32 Å². The Bertz CT molecular complexity index is 227. The van der Waals surface area contributed by atoms with Crippen LogP contribution in [0.4, 0.5) is 0 Å². The van der Waals surface area contributed by atoms with Crippen molar-refractivity contribution in [2.75, 3.05) is 6.54 Å². The van der Waals surface area contributed by atoms with Crippen LogP contribution in [0.5, 0.6) is 0 Å². The molecule has 0 radical (unpaired) electrons. The number of hydrogen-bond donors (Lipinski definition) is 1. The molecule has 1 fully saturated rings. The molecule has 2 unspecified atom stereocenters. The first-order valence-electron chi connectivity index (χ1n) is 6.12. The van der Waals surface area contributed by atoms with Crippen molar-refractivity contribution in [3.05, 3.63) is 12.2 Å². The summed E-state index contributed by atoms with van der Waals surface area (Å²) in [5.74, 6) is 0.234. The van der Waals surface area contributed by atoms with Gasteiger partial charge >= 0.3 is 0 Å². The molecule has 1 aliphatic carbocycles. The SMILES string of the molecule is C/C=C/CCNC1CCCCCC1C#N.